The fourth-order valence-corrected chi connectivity index (χ4v) is 3.91. The van der Waals surface area contributed by atoms with Crippen molar-refractivity contribution in [2.75, 3.05) is 49.0 Å². The maximum absolute atomic E-state index is 5.48. The summed E-state index contributed by atoms with van der Waals surface area (Å²) < 4.78 is 18.0. The molecule has 1 aliphatic heterocycles. The number of benzene rings is 1. The zero-order valence-corrected chi connectivity index (χ0v) is 22.6. The second-order valence-corrected chi connectivity index (χ2v) is 7.99. The van der Waals surface area contributed by atoms with Crippen LogP contribution in [0.1, 0.15) is 29.7 Å². The number of rotatable bonds is 9. The largest absolute Gasteiger partial charge is 0.493 e. The quantitative estimate of drug-likeness (QED) is 0.267. The Morgan fingerprint density at radius 1 is 1.24 bits per heavy atom. The third kappa shape index (κ3) is 6.93. The number of guanidine groups is 1. The summed E-state index contributed by atoms with van der Waals surface area (Å²) in [6.07, 6.45) is 1.84. The van der Waals surface area contributed by atoms with Crippen LogP contribution in [0.25, 0.3) is 0 Å². The second-order valence-electron chi connectivity index (χ2n) is 7.99. The Kier molecular flexibility index (Phi) is 10.6. The summed E-state index contributed by atoms with van der Waals surface area (Å²) in [4.78, 5) is 11.1. The van der Waals surface area contributed by atoms with E-state index in [1.165, 1.54) is 0 Å². The van der Waals surface area contributed by atoms with Crippen LogP contribution in [0.15, 0.2) is 23.2 Å². The van der Waals surface area contributed by atoms with Gasteiger partial charge in [-0.15, -0.1) is 24.0 Å². The molecule has 2 unspecified atom stereocenters. The molecule has 2 atom stereocenters. The normalized spacial score (nSPS) is 16.6. The number of fused-ring (bicyclic) bond motifs is 1. The lowest BCUT2D eigenvalue weighted by molar-refractivity contribution is 0.177. The van der Waals surface area contributed by atoms with Crippen molar-refractivity contribution in [3.8, 4) is 11.5 Å². The van der Waals surface area contributed by atoms with E-state index in [1.54, 1.807) is 28.4 Å². The first-order valence-electron chi connectivity index (χ1n) is 10.8. The van der Waals surface area contributed by atoms with Crippen LogP contribution in [0.3, 0.4) is 0 Å². The van der Waals surface area contributed by atoms with Crippen LogP contribution in [0.5, 0.6) is 11.5 Å². The number of hydrogen-bond donors (Lipinski definition) is 2. The van der Waals surface area contributed by atoms with Gasteiger partial charge < -0.3 is 29.7 Å². The minimum absolute atomic E-state index is 0. The maximum Gasteiger partial charge on any atom is 0.191 e. The third-order valence-electron chi connectivity index (χ3n) is 5.62. The van der Waals surface area contributed by atoms with E-state index >= 15 is 0 Å². The van der Waals surface area contributed by atoms with Crippen molar-refractivity contribution in [1.29, 1.82) is 0 Å². The topological polar surface area (TPSA) is 98.1 Å². The Morgan fingerprint density at radius 3 is 2.64 bits per heavy atom. The first-order chi connectivity index (χ1) is 15.5. The van der Waals surface area contributed by atoms with Crippen molar-refractivity contribution in [2.45, 2.75) is 38.1 Å². The van der Waals surface area contributed by atoms with Gasteiger partial charge in [0.15, 0.2) is 23.3 Å². The number of nitrogens with zero attached hydrogens (tertiary/aromatic N) is 5. The molecule has 33 heavy (non-hydrogen) atoms. The lowest BCUT2D eigenvalue weighted by Gasteiger charge is -2.29. The number of halogens is 1. The van der Waals surface area contributed by atoms with Crippen molar-refractivity contribution in [3.05, 3.63) is 35.4 Å². The zero-order chi connectivity index (χ0) is 23.1. The average molecular weight is 573 g/mol. The van der Waals surface area contributed by atoms with Gasteiger partial charge in [0, 0.05) is 33.2 Å². The molecule has 0 spiro atoms. The minimum Gasteiger partial charge on any atom is -0.493 e. The summed E-state index contributed by atoms with van der Waals surface area (Å²) in [5.74, 6) is 3.95. The Hall–Kier alpha value is -2.12. The molecule has 11 heteroatoms. The Morgan fingerprint density at radius 2 is 2.00 bits per heavy atom. The highest BCUT2D eigenvalue weighted by atomic mass is 127. The molecule has 0 radical (unpaired) electrons. The number of ether oxygens (including phenoxy) is 3. The third-order valence-corrected chi connectivity index (χ3v) is 5.62. The van der Waals surface area contributed by atoms with Crippen LogP contribution >= 0.6 is 24.0 Å². The van der Waals surface area contributed by atoms with Gasteiger partial charge >= 0.3 is 0 Å². The fourth-order valence-electron chi connectivity index (χ4n) is 3.91. The van der Waals surface area contributed by atoms with E-state index in [0.29, 0.717) is 13.2 Å². The molecular formula is C22H36IN7O3. The SMILES string of the molecule is CN=C(NCC(c1ccc(OC)c(OC)c1)N(C)C)NC1CCc2nc(COC)nn2C1.I. The van der Waals surface area contributed by atoms with Crippen LogP contribution in [-0.4, -0.2) is 80.7 Å². The van der Waals surface area contributed by atoms with Gasteiger partial charge in [0.25, 0.3) is 0 Å². The summed E-state index contributed by atoms with van der Waals surface area (Å²) in [7, 11) is 10.9. The van der Waals surface area contributed by atoms with E-state index in [4.69, 9.17) is 14.2 Å². The summed E-state index contributed by atoms with van der Waals surface area (Å²) in [5, 5.41) is 11.5. The molecular weight excluding hydrogens is 537 g/mol. The van der Waals surface area contributed by atoms with Crippen LogP contribution in [0.4, 0.5) is 0 Å². The van der Waals surface area contributed by atoms with Crippen LogP contribution in [0.2, 0.25) is 0 Å². The molecule has 0 saturated carbocycles. The Bertz CT molecular complexity index is 919. The highest BCUT2D eigenvalue weighted by Crippen LogP contribution is 2.31. The van der Waals surface area contributed by atoms with E-state index in [2.05, 4.69) is 50.8 Å². The molecule has 0 fully saturated rings. The highest BCUT2D eigenvalue weighted by molar-refractivity contribution is 14.0. The Labute approximate surface area is 213 Å². The smallest absolute Gasteiger partial charge is 0.191 e. The number of aryl methyl sites for hydroxylation is 1. The molecule has 2 heterocycles. The molecule has 3 rings (SSSR count). The number of nitrogens with one attached hydrogen (secondary N) is 2. The number of likely N-dealkylation sites (N-methyl/N-ethyl adjacent to an activating group) is 1. The van der Waals surface area contributed by atoms with Crippen LogP contribution < -0.4 is 20.1 Å². The maximum atomic E-state index is 5.48. The molecule has 2 N–H and O–H groups in total. The van der Waals surface area contributed by atoms with Gasteiger partial charge in [-0.1, -0.05) is 6.07 Å². The lowest BCUT2D eigenvalue weighted by Crippen LogP contribution is -2.48. The van der Waals surface area contributed by atoms with Gasteiger partial charge in [-0.25, -0.2) is 9.67 Å². The predicted octanol–water partition coefficient (Wildman–Crippen LogP) is 1.84. The summed E-state index contributed by atoms with van der Waals surface area (Å²) in [5.41, 5.74) is 1.13. The first-order valence-corrected chi connectivity index (χ1v) is 10.8. The van der Waals surface area contributed by atoms with Gasteiger partial charge in [0.1, 0.15) is 12.4 Å². The van der Waals surface area contributed by atoms with Crippen molar-refractivity contribution >= 4 is 29.9 Å². The van der Waals surface area contributed by atoms with Gasteiger partial charge in [0.05, 0.1) is 26.8 Å². The standard InChI is InChI=1S/C22H35N7O3.HI/c1-23-22(25-16-8-10-21-26-20(14-30-4)27-29(21)13-16)24-12-17(28(2)3)15-7-9-18(31-5)19(11-15)32-6;/h7,9,11,16-17H,8,10,12-14H2,1-6H3,(H2,23,24,25);1H. The van der Waals surface area contributed by atoms with E-state index in [0.717, 1.165) is 54.1 Å². The first kappa shape index (κ1) is 27.1. The number of aromatic nitrogens is 3. The summed E-state index contributed by atoms with van der Waals surface area (Å²) in [6, 6.07) is 6.37. The van der Waals surface area contributed by atoms with E-state index < -0.39 is 0 Å². The second kappa shape index (κ2) is 12.9. The van der Waals surface area contributed by atoms with Crippen LogP contribution in [0, 0.1) is 0 Å². The molecule has 1 aromatic heterocycles. The minimum atomic E-state index is 0. The van der Waals surface area contributed by atoms with E-state index in [1.807, 2.05) is 16.8 Å². The number of hydrogen-bond acceptors (Lipinski definition) is 7. The molecule has 0 amide bonds. The summed E-state index contributed by atoms with van der Waals surface area (Å²) >= 11 is 0. The van der Waals surface area contributed by atoms with E-state index in [-0.39, 0.29) is 36.1 Å². The van der Waals surface area contributed by atoms with Crippen LogP contribution in [-0.2, 0) is 24.3 Å². The molecule has 10 nitrogen and oxygen atoms in total. The fraction of sp³-hybridized carbons (Fsp3) is 0.591. The monoisotopic (exact) mass is 573 g/mol. The van der Waals surface area contributed by atoms with Crippen molar-refractivity contribution < 1.29 is 14.2 Å². The number of methoxy groups -OCH3 is 3. The molecule has 2 aromatic rings. The molecule has 0 bridgehead atoms. The predicted molar refractivity (Wildman–Crippen MR) is 139 cm³/mol. The number of aliphatic imine (C=N–C) groups is 1. The molecule has 1 aromatic carbocycles. The molecule has 0 saturated heterocycles. The van der Waals surface area contributed by atoms with Gasteiger partial charge in [-0.3, -0.25) is 4.99 Å². The molecule has 1 aliphatic rings. The zero-order valence-electron chi connectivity index (χ0n) is 20.3. The van der Waals surface area contributed by atoms with Crippen molar-refractivity contribution in [1.82, 2.24) is 30.3 Å². The highest BCUT2D eigenvalue weighted by Gasteiger charge is 2.23. The average Bonchev–Trinajstić information content (AvgIpc) is 3.19. The molecule has 184 valence electrons. The van der Waals surface area contributed by atoms with Crippen molar-refractivity contribution in [3.63, 3.8) is 0 Å². The van der Waals surface area contributed by atoms with Gasteiger partial charge in [-0.05, 0) is 38.2 Å². The lowest BCUT2D eigenvalue weighted by atomic mass is 10.0. The summed E-state index contributed by atoms with van der Waals surface area (Å²) in [6.45, 7) is 1.87. The van der Waals surface area contributed by atoms with Gasteiger partial charge in [-0.2, -0.15) is 5.10 Å². The van der Waals surface area contributed by atoms with Crippen molar-refractivity contribution in [2.24, 2.45) is 4.99 Å². The van der Waals surface area contributed by atoms with Gasteiger partial charge in [0.2, 0.25) is 0 Å². The Balaban J connectivity index is 0.00000385. The van der Waals surface area contributed by atoms with E-state index in [9.17, 15) is 0 Å². The molecule has 0 aliphatic carbocycles.